The number of anilines is 2. The second-order valence-corrected chi connectivity index (χ2v) is 3.32. The van der Waals surface area contributed by atoms with Gasteiger partial charge >= 0.3 is 0 Å². The number of hydrogen-bond acceptors (Lipinski definition) is 7. The van der Waals surface area contributed by atoms with Crippen molar-refractivity contribution in [3.05, 3.63) is 11.9 Å². The monoisotopic (exact) mass is 227 g/mol. The molecule has 1 heterocycles. The lowest BCUT2D eigenvalue weighted by Crippen LogP contribution is -2.29. The molecule has 1 rings (SSSR count). The first-order valence-corrected chi connectivity index (χ1v) is 4.87. The molecule has 7 nitrogen and oxygen atoms in total. The number of nitrogen functional groups attached to an aromatic ring is 1. The molecule has 1 aromatic rings. The van der Waals surface area contributed by atoms with E-state index >= 15 is 0 Å². The molecule has 0 spiro atoms. The van der Waals surface area contributed by atoms with Crippen LogP contribution in [0.2, 0.25) is 0 Å². The van der Waals surface area contributed by atoms with Gasteiger partial charge in [0.2, 0.25) is 0 Å². The molecule has 1 atom stereocenters. The molecule has 16 heavy (non-hydrogen) atoms. The van der Waals surface area contributed by atoms with Gasteiger partial charge in [0.05, 0.1) is 19.3 Å². The highest BCUT2D eigenvalue weighted by Crippen LogP contribution is 2.17. The van der Waals surface area contributed by atoms with E-state index in [1.807, 2.05) is 6.92 Å². The SMILES string of the molecule is COCC(CO)Nc1ncnc(NN)c1C. The summed E-state index contributed by atoms with van der Waals surface area (Å²) in [5.74, 6) is 6.47. The molecule has 0 radical (unpaired) electrons. The molecule has 0 aliphatic rings. The fourth-order valence-electron chi connectivity index (χ4n) is 1.28. The highest BCUT2D eigenvalue weighted by Gasteiger charge is 2.11. The normalized spacial score (nSPS) is 12.2. The maximum Gasteiger partial charge on any atom is 0.148 e. The van der Waals surface area contributed by atoms with Crippen molar-refractivity contribution < 1.29 is 9.84 Å². The largest absolute Gasteiger partial charge is 0.394 e. The average Bonchev–Trinajstić information content (AvgIpc) is 2.31. The summed E-state index contributed by atoms with van der Waals surface area (Å²) in [5, 5.41) is 12.2. The molecule has 7 heteroatoms. The maximum atomic E-state index is 9.11. The topological polar surface area (TPSA) is 105 Å². The van der Waals surface area contributed by atoms with Gasteiger partial charge in [0.25, 0.3) is 0 Å². The summed E-state index contributed by atoms with van der Waals surface area (Å²) in [6, 6.07) is -0.204. The van der Waals surface area contributed by atoms with Crippen molar-refractivity contribution in [1.82, 2.24) is 9.97 Å². The zero-order valence-electron chi connectivity index (χ0n) is 9.40. The Labute approximate surface area is 94.0 Å². The number of rotatable bonds is 6. The summed E-state index contributed by atoms with van der Waals surface area (Å²) in [7, 11) is 1.57. The molecule has 0 aliphatic heterocycles. The summed E-state index contributed by atoms with van der Waals surface area (Å²) in [6.45, 7) is 2.19. The van der Waals surface area contributed by atoms with E-state index in [1.165, 1.54) is 6.33 Å². The predicted octanol–water partition coefficient (Wildman–Crippen LogP) is -0.510. The van der Waals surface area contributed by atoms with Gasteiger partial charge in [-0.3, -0.25) is 0 Å². The smallest absolute Gasteiger partial charge is 0.148 e. The average molecular weight is 227 g/mol. The molecule has 0 aromatic carbocycles. The predicted molar refractivity (Wildman–Crippen MR) is 61.0 cm³/mol. The number of hydrazine groups is 1. The first-order chi connectivity index (χ1) is 7.72. The van der Waals surface area contributed by atoms with Gasteiger partial charge in [-0.1, -0.05) is 0 Å². The lowest BCUT2D eigenvalue weighted by molar-refractivity contribution is 0.153. The lowest BCUT2D eigenvalue weighted by atomic mass is 10.2. The van der Waals surface area contributed by atoms with Gasteiger partial charge < -0.3 is 20.6 Å². The molecule has 5 N–H and O–H groups in total. The molecule has 90 valence electrons. The van der Waals surface area contributed by atoms with Crippen LogP contribution in [0, 0.1) is 6.92 Å². The number of hydrogen-bond donors (Lipinski definition) is 4. The third-order valence-corrected chi connectivity index (χ3v) is 2.15. The van der Waals surface area contributed by atoms with Gasteiger partial charge in [-0.15, -0.1) is 0 Å². The summed E-state index contributed by atoms with van der Waals surface area (Å²) < 4.78 is 4.96. The Morgan fingerprint density at radius 2 is 2.19 bits per heavy atom. The number of aliphatic hydroxyl groups excluding tert-OH is 1. The summed E-state index contributed by atoms with van der Waals surface area (Å²) >= 11 is 0. The van der Waals surface area contributed by atoms with E-state index < -0.39 is 0 Å². The Balaban J connectivity index is 2.79. The lowest BCUT2D eigenvalue weighted by Gasteiger charge is -2.17. The Hall–Kier alpha value is -1.44. The highest BCUT2D eigenvalue weighted by atomic mass is 16.5. The summed E-state index contributed by atoms with van der Waals surface area (Å²) in [4.78, 5) is 8.03. The van der Waals surface area contributed by atoms with Crippen LogP contribution in [0.3, 0.4) is 0 Å². The molecule has 0 saturated carbocycles. The van der Waals surface area contributed by atoms with Crippen LogP contribution in [0.25, 0.3) is 0 Å². The number of nitrogens with two attached hydrogens (primary N) is 1. The van der Waals surface area contributed by atoms with Crippen LogP contribution in [0.1, 0.15) is 5.56 Å². The van der Waals surface area contributed by atoms with Crippen molar-refractivity contribution in [2.24, 2.45) is 5.84 Å². The van der Waals surface area contributed by atoms with Crippen LogP contribution in [0.4, 0.5) is 11.6 Å². The zero-order valence-corrected chi connectivity index (χ0v) is 9.40. The summed E-state index contributed by atoms with van der Waals surface area (Å²) in [5.41, 5.74) is 3.27. The third kappa shape index (κ3) is 3.02. The molecular weight excluding hydrogens is 210 g/mol. The maximum absolute atomic E-state index is 9.11. The number of nitrogens with zero attached hydrogens (tertiary/aromatic N) is 2. The van der Waals surface area contributed by atoms with Crippen molar-refractivity contribution in [3.63, 3.8) is 0 Å². The minimum atomic E-state index is -0.204. The van der Waals surface area contributed by atoms with Crippen molar-refractivity contribution >= 4 is 11.6 Å². The van der Waals surface area contributed by atoms with E-state index in [9.17, 15) is 0 Å². The number of nitrogens with one attached hydrogen (secondary N) is 2. The molecule has 0 fully saturated rings. The van der Waals surface area contributed by atoms with E-state index in [-0.39, 0.29) is 12.6 Å². The van der Waals surface area contributed by atoms with Crippen LogP contribution in [-0.2, 0) is 4.74 Å². The Kier molecular flexibility index (Phi) is 4.90. The summed E-state index contributed by atoms with van der Waals surface area (Å²) in [6.07, 6.45) is 1.39. The van der Waals surface area contributed by atoms with Gasteiger partial charge in [0.1, 0.15) is 18.0 Å². The van der Waals surface area contributed by atoms with Crippen molar-refractivity contribution in [2.75, 3.05) is 31.1 Å². The second kappa shape index (κ2) is 6.21. The van der Waals surface area contributed by atoms with E-state index in [2.05, 4.69) is 20.7 Å². The first kappa shape index (κ1) is 12.6. The molecule has 0 saturated heterocycles. The minimum Gasteiger partial charge on any atom is -0.394 e. The van der Waals surface area contributed by atoms with Gasteiger partial charge in [-0.05, 0) is 6.92 Å². The van der Waals surface area contributed by atoms with E-state index in [0.717, 1.165) is 5.56 Å². The van der Waals surface area contributed by atoms with Crippen LogP contribution >= 0.6 is 0 Å². The molecule has 1 unspecified atom stereocenters. The molecule has 0 bridgehead atoms. The first-order valence-electron chi connectivity index (χ1n) is 4.87. The van der Waals surface area contributed by atoms with Crippen molar-refractivity contribution in [1.29, 1.82) is 0 Å². The molecular formula is C9H17N5O2. The Morgan fingerprint density at radius 3 is 2.75 bits per heavy atom. The molecule has 0 aliphatic carbocycles. The molecule has 0 amide bonds. The quantitative estimate of drug-likeness (QED) is 0.383. The van der Waals surface area contributed by atoms with E-state index in [1.54, 1.807) is 7.11 Å². The van der Waals surface area contributed by atoms with E-state index in [4.69, 9.17) is 15.7 Å². The second-order valence-electron chi connectivity index (χ2n) is 3.32. The van der Waals surface area contributed by atoms with Crippen molar-refractivity contribution in [3.8, 4) is 0 Å². The number of ether oxygens (including phenoxy) is 1. The van der Waals surface area contributed by atoms with Crippen LogP contribution in [0.5, 0.6) is 0 Å². The fraction of sp³-hybridized carbons (Fsp3) is 0.556. The van der Waals surface area contributed by atoms with Gasteiger partial charge in [-0.25, -0.2) is 15.8 Å². The van der Waals surface area contributed by atoms with E-state index in [0.29, 0.717) is 18.2 Å². The van der Waals surface area contributed by atoms with Crippen LogP contribution in [0.15, 0.2) is 6.33 Å². The van der Waals surface area contributed by atoms with Gasteiger partial charge in [0, 0.05) is 12.7 Å². The number of aromatic nitrogens is 2. The standard InChI is InChI=1S/C9H17N5O2/c1-6-8(11-5-12-9(6)14-10)13-7(3-15)4-16-2/h5,7,15H,3-4,10H2,1-2H3,(H2,11,12,13,14). The van der Waals surface area contributed by atoms with Gasteiger partial charge in [-0.2, -0.15) is 0 Å². The highest BCUT2D eigenvalue weighted by molar-refractivity contribution is 5.56. The number of aliphatic hydroxyl groups is 1. The Bertz CT molecular complexity index is 334. The Morgan fingerprint density at radius 1 is 1.50 bits per heavy atom. The minimum absolute atomic E-state index is 0.0390. The van der Waals surface area contributed by atoms with Crippen LogP contribution < -0.4 is 16.6 Å². The number of methoxy groups -OCH3 is 1. The third-order valence-electron chi connectivity index (χ3n) is 2.15. The molecule has 1 aromatic heterocycles. The fourth-order valence-corrected chi connectivity index (χ4v) is 1.28. The van der Waals surface area contributed by atoms with Crippen molar-refractivity contribution in [2.45, 2.75) is 13.0 Å². The van der Waals surface area contributed by atoms with Gasteiger partial charge in [0.15, 0.2) is 0 Å². The van der Waals surface area contributed by atoms with Crippen LogP contribution in [-0.4, -0.2) is 41.4 Å². The zero-order chi connectivity index (χ0) is 12.0.